The first-order valence-corrected chi connectivity index (χ1v) is 6.47. The van der Waals surface area contributed by atoms with Crippen molar-refractivity contribution in [2.45, 2.75) is 26.0 Å². The van der Waals surface area contributed by atoms with E-state index in [4.69, 9.17) is 2.74 Å². The molecule has 2 aromatic rings. The Bertz CT molecular complexity index is 561. The van der Waals surface area contributed by atoms with Crippen LogP contribution in [-0.2, 0) is 17.8 Å². The van der Waals surface area contributed by atoms with Crippen LogP contribution in [-0.4, -0.2) is 22.0 Å². The van der Waals surface area contributed by atoms with E-state index in [1.54, 1.807) is 24.3 Å². The molecule has 0 heterocycles. The molecular weight excluding hydrogens is 250 g/mol. The average molecular weight is 271 g/mol. The van der Waals surface area contributed by atoms with Crippen LogP contribution in [0.5, 0.6) is 0 Å². The summed E-state index contributed by atoms with van der Waals surface area (Å²) < 4.78 is 16.8. The molecule has 0 radical (unpaired) electrons. The maximum absolute atomic E-state index is 11.4. The minimum Gasteiger partial charge on any atom is -0.480 e. The molecule has 3 nitrogen and oxygen atoms in total. The number of nitrogens with zero attached hydrogens (tertiary/aromatic N) is 1. The number of benzene rings is 2. The molecule has 0 aliphatic carbocycles. The third kappa shape index (κ3) is 3.93. The lowest BCUT2D eigenvalue weighted by Gasteiger charge is -2.26. The van der Waals surface area contributed by atoms with Crippen LogP contribution in [0.15, 0.2) is 60.7 Å². The predicted molar refractivity (Wildman–Crippen MR) is 79.2 cm³/mol. The smallest absolute Gasteiger partial charge is 0.320 e. The van der Waals surface area contributed by atoms with E-state index in [9.17, 15) is 9.90 Å². The number of aliphatic carboxylic acids is 1. The van der Waals surface area contributed by atoms with Gasteiger partial charge in [0.05, 0.1) is 0 Å². The largest absolute Gasteiger partial charge is 0.480 e. The van der Waals surface area contributed by atoms with Gasteiger partial charge in [0.1, 0.15) is 6.04 Å². The monoisotopic (exact) mass is 271 g/mol. The van der Waals surface area contributed by atoms with Crippen molar-refractivity contribution >= 4 is 5.97 Å². The second kappa shape index (κ2) is 6.87. The highest BCUT2D eigenvalue weighted by molar-refractivity contribution is 5.72. The number of rotatable bonds is 6. The van der Waals surface area contributed by atoms with Gasteiger partial charge in [0.2, 0.25) is 0 Å². The summed E-state index contributed by atoms with van der Waals surface area (Å²) in [6.07, 6.45) is 0. The molecule has 3 unspecified atom stereocenters. The van der Waals surface area contributed by atoms with Crippen LogP contribution < -0.4 is 0 Å². The molecule has 0 aromatic heterocycles. The molecule has 0 fully saturated rings. The van der Waals surface area contributed by atoms with E-state index in [0.29, 0.717) is 11.1 Å². The lowest BCUT2D eigenvalue weighted by atomic mass is 10.1. The van der Waals surface area contributed by atoms with E-state index >= 15 is 0 Å². The van der Waals surface area contributed by atoms with E-state index in [0.717, 1.165) is 0 Å². The first-order chi connectivity index (χ1) is 10.5. The van der Waals surface area contributed by atoms with Gasteiger partial charge < -0.3 is 5.11 Å². The summed E-state index contributed by atoms with van der Waals surface area (Å²) in [5.74, 6) is -1.04. The van der Waals surface area contributed by atoms with Gasteiger partial charge in [-0.1, -0.05) is 60.7 Å². The molecule has 0 saturated carbocycles. The molecular formula is C17H19NO2. The van der Waals surface area contributed by atoms with Crippen molar-refractivity contribution in [2.75, 3.05) is 0 Å². The molecule has 2 rings (SSSR count). The maximum Gasteiger partial charge on any atom is 0.320 e. The van der Waals surface area contributed by atoms with Gasteiger partial charge in [0.15, 0.2) is 0 Å². The highest BCUT2D eigenvalue weighted by atomic mass is 16.4. The molecule has 0 amide bonds. The Morgan fingerprint density at radius 3 is 1.80 bits per heavy atom. The Morgan fingerprint density at radius 1 is 1.05 bits per heavy atom. The number of carbonyl (C=O) groups is 1. The zero-order valence-corrected chi connectivity index (χ0v) is 11.3. The molecule has 0 saturated heterocycles. The predicted octanol–water partition coefficient (Wildman–Crippen LogP) is 3.16. The van der Waals surface area contributed by atoms with Gasteiger partial charge in [-0.3, -0.25) is 9.69 Å². The Hall–Kier alpha value is -2.13. The van der Waals surface area contributed by atoms with Crippen LogP contribution in [0.4, 0.5) is 0 Å². The minimum absolute atomic E-state index is 0.670. The van der Waals surface area contributed by atoms with Crippen molar-refractivity contribution in [1.29, 1.82) is 0 Å². The lowest BCUT2D eigenvalue weighted by molar-refractivity contribution is -0.143. The number of hydrogen-bond acceptors (Lipinski definition) is 2. The van der Waals surface area contributed by atoms with Gasteiger partial charge in [0.25, 0.3) is 0 Å². The molecule has 3 heteroatoms. The van der Waals surface area contributed by atoms with Crippen LogP contribution in [0.3, 0.4) is 0 Å². The molecule has 0 aliphatic rings. The number of carboxylic acids is 1. The van der Waals surface area contributed by atoms with E-state index in [1.807, 2.05) is 36.4 Å². The first kappa shape index (κ1) is 11.7. The number of carboxylic acid groups (broad SMARTS) is 1. The van der Waals surface area contributed by atoms with Crippen molar-refractivity contribution in [1.82, 2.24) is 4.90 Å². The van der Waals surface area contributed by atoms with Crippen molar-refractivity contribution in [3.63, 3.8) is 0 Å². The standard InChI is InChI=1S/C17H19NO2/c1-14(17(19)20)18(12-15-8-4-2-5-9-15)13-16-10-6-3-7-11-16/h2-11,14H,12-13H2,1H3,(H,19,20)/i12D,13D. The van der Waals surface area contributed by atoms with Gasteiger partial charge in [-0.2, -0.15) is 0 Å². The van der Waals surface area contributed by atoms with Gasteiger partial charge in [-0.25, -0.2) is 0 Å². The summed E-state index contributed by atoms with van der Waals surface area (Å²) in [5, 5.41) is 9.34. The zero-order chi connectivity index (χ0) is 16.1. The fraction of sp³-hybridized carbons (Fsp3) is 0.235. The highest BCUT2D eigenvalue weighted by Gasteiger charge is 2.20. The van der Waals surface area contributed by atoms with Crippen molar-refractivity contribution in [3.05, 3.63) is 71.8 Å². The van der Waals surface area contributed by atoms with Gasteiger partial charge >= 0.3 is 5.97 Å². The highest BCUT2D eigenvalue weighted by Crippen LogP contribution is 2.13. The Morgan fingerprint density at radius 2 is 1.45 bits per heavy atom. The molecule has 20 heavy (non-hydrogen) atoms. The molecule has 0 bridgehead atoms. The summed E-state index contributed by atoms with van der Waals surface area (Å²) >= 11 is 0. The summed E-state index contributed by atoms with van der Waals surface area (Å²) in [5.41, 5.74) is 1.34. The van der Waals surface area contributed by atoms with E-state index in [2.05, 4.69) is 0 Å². The zero-order valence-electron chi connectivity index (χ0n) is 13.3. The summed E-state index contributed by atoms with van der Waals surface area (Å²) in [7, 11) is 0. The quantitative estimate of drug-likeness (QED) is 0.877. The van der Waals surface area contributed by atoms with Crippen molar-refractivity contribution in [2.24, 2.45) is 0 Å². The van der Waals surface area contributed by atoms with E-state index < -0.39 is 25.1 Å². The second-order valence-corrected chi connectivity index (χ2v) is 4.54. The molecule has 104 valence electrons. The normalized spacial score (nSPS) is 16.9. The fourth-order valence-electron chi connectivity index (χ4n) is 1.81. The van der Waals surface area contributed by atoms with E-state index in [-0.39, 0.29) is 0 Å². The van der Waals surface area contributed by atoms with Crippen LogP contribution in [0, 0.1) is 0 Å². The summed E-state index contributed by atoms with van der Waals surface area (Å²) in [6, 6.07) is 17.1. The van der Waals surface area contributed by atoms with Gasteiger partial charge in [-0.05, 0) is 18.1 Å². The fourth-order valence-corrected chi connectivity index (χ4v) is 1.81. The summed E-state index contributed by atoms with van der Waals surface area (Å²) in [6.45, 7) is -0.331. The third-order valence-electron chi connectivity index (χ3n) is 3.00. The molecule has 2 aromatic carbocycles. The van der Waals surface area contributed by atoms with Gasteiger partial charge in [0, 0.05) is 15.8 Å². The van der Waals surface area contributed by atoms with Crippen LogP contribution in [0.25, 0.3) is 0 Å². The van der Waals surface area contributed by atoms with Crippen molar-refractivity contribution < 1.29 is 12.6 Å². The molecule has 0 aliphatic heterocycles. The third-order valence-corrected chi connectivity index (χ3v) is 3.00. The Kier molecular flexibility index (Phi) is 4.01. The van der Waals surface area contributed by atoms with Crippen LogP contribution in [0.1, 0.15) is 20.8 Å². The molecule has 3 atom stereocenters. The van der Waals surface area contributed by atoms with Crippen molar-refractivity contribution in [3.8, 4) is 0 Å². The van der Waals surface area contributed by atoms with E-state index in [1.165, 1.54) is 11.8 Å². The minimum atomic E-state index is -1.04. The van der Waals surface area contributed by atoms with Crippen LogP contribution >= 0.6 is 0 Å². The van der Waals surface area contributed by atoms with Crippen LogP contribution in [0.2, 0.25) is 0 Å². The first-order valence-electron chi connectivity index (χ1n) is 7.62. The Labute approximate surface area is 122 Å². The Balaban J connectivity index is 2.37. The maximum atomic E-state index is 11.4. The SMILES string of the molecule is [2H]C(c1ccccc1)N(C(C)C(=O)O)C([2H])c1ccccc1. The number of hydrogen-bond donors (Lipinski definition) is 1. The molecule has 1 N–H and O–H groups in total. The molecule has 0 spiro atoms. The topological polar surface area (TPSA) is 40.5 Å². The average Bonchev–Trinajstić information content (AvgIpc) is 2.56. The lowest BCUT2D eigenvalue weighted by Crippen LogP contribution is -2.37. The van der Waals surface area contributed by atoms with Gasteiger partial charge in [-0.15, -0.1) is 0 Å². The second-order valence-electron chi connectivity index (χ2n) is 4.54. The summed E-state index contributed by atoms with van der Waals surface area (Å²) in [4.78, 5) is 12.8.